The maximum absolute atomic E-state index is 5.52. The lowest BCUT2D eigenvalue weighted by molar-refractivity contribution is 0.399. The van der Waals surface area contributed by atoms with E-state index in [-0.39, 0.29) is 0 Å². The maximum Gasteiger partial charge on any atom is 0.179 e. The molecule has 0 atom stereocenters. The van der Waals surface area contributed by atoms with Crippen LogP contribution in [0.25, 0.3) is 0 Å². The number of methoxy groups -OCH3 is 1. The van der Waals surface area contributed by atoms with E-state index in [1.807, 2.05) is 24.3 Å². The first kappa shape index (κ1) is 11.2. The Kier molecular flexibility index (Phi) is 5.30. The van der Waals surface area contributed by atoms with Gasteiger partial charge in [-0.1, -0.05) is 25.5 Å². The molecule has 0 saturated heterocycles. The number of hydrogen-bond acceptors (Lipinski definition) is 3. The highest BCUT2D eigenvalue weighted by molar-refractivity contribution is 7.95. The van der Waals surface area contributed by atoms with Gasteiger partial charge in [-0.15, -0.1) is 0 Å². The van der Waals surface area contributed by atoms with Crippen LogP contribution in [0.1, 0.15) is 19.8 Å². The van der Waals surface area contributed by atoms with Gasteiger partial charge < -0.3 is 8.92 Å². The minimum atomic E-state index is 0.788. The molecule has 1 rings (SSSR count). The molecule has 1 aromatic carbocycles. The van der Waals surface area contributed by atoms with Crippen LogP contribution >= 0.6 is 12.0 Å². The molecule has 0 bridgehead atoms. The first-order valence-corrected chi connectivity index (χ1v) is 5.72. The van der Waals surface area contributed by atoms with E-state index in [0.717, 1.165) is 17.3 Å². The molecule has 0 unspecified atom stereocenters. The normalized spacial score (nSPS) is 9.86. The second-order valence-electron chi connectivity index (χ2n) is 2.91. The van der Waals surface area contributed by atoms with Crippen molar-refractivity contribution in [2.24, 2.45) is 0 Å². The van der Waals surface area contributed by atoms with Gasteiger partial charge in [-0.05, 0) is 18.6 Å². The fraction of sp³-hybridized carbons (Fsp3) is 0.455. The van der Waals surface area contributed by atoms with E-state index in [1.54, 1.807) is 7.11 Å². The van der Waals surface area contributed by atoms with Crippen molar-refractivity contribution in [1.29, 1.82) is 0 Å². The van der Waals surface area contributed by atoms with Crippen LogP contribution in [0.2, 0.25) is 0 Å². The summed E-state index contributed by atoms with van der Waals surface area (Å²) in [4.78, 5) is 0. The lowest BCUT2D eigenvalue weighted by atomic mass is 10.3. The lowest BCUT2D eigenvalue weighted by Crippen LogP contribution is -1.89. The molecule has 0 N–H and O–H groups in total. The van der Waals surface area contributed by atoms with E-state index in [2.05, 4.69) is 6.92 Å². The van der Waals surface area contributed by atoms with Gasteiger partial charge in [-0.25, -0.2) is 0 Å². The van der Waals surface area contributed by atoms with Crippen molar-refractivity contribution in [2.75, 3.05) is 12.9 Å². The molecule has 0 aromatic heterocycles. The Hall–Kier alpha value is -0.830. The van der Waals surface area contributed by atoms with Gasteiger partial charge in [0.15, 0.2) is 11.5 Å². The average Bonchev–Trinajstić information content (AvgIpc) is 2.25. The largest absolute Gasteiger partial charge is 0.493 e. The summed E-state index contributed by atoms with van der Waals surface area (Å²) in [7, 11) is 1.65. The number of benzene rings is 1. The molecular formula is C11H16O2S. The van der Waals surface area contributed by atoms with Crippen LogP contribution in [0.15, 0.2) is 24.3 Å². The molecule has 0 heterocycles. The van der Waals surface area contributed by atoms with Gasteiger partial charge in [-0.3, -0.25) is 0 Å². The molecule has 3 heteroatoms. The second kappa shape index (κ2) is 6.60. The first-order chi connectivity index (χ1) is 6.88. The van der Waals surface area contributed by atoms with Crippen molar-refractivity contribution in [3.63, 3.8) is 0 Å². The van der Waals surface area contributed by atoms with E-state index in [9.17, 15) is 0 Å². The molecule has 0 aliphatic heterocycles. The molecule has 78 valence electrons. The van der Waals surface area contributed by atoms with Crippen molar-refractivity contribution < 1.29 is 8.92 Å². The molecule has 0 saturated carbocycles. The van der Waals surface area contributed by atoms with Gasteiger partial charge in [0.1, 0.15) is 0 Å². The van der Waals surface area contributed by atoms with Crippen LogP contribution in [0.5, 0.6) is 11.5 Å². The molecule has 14 heavy (non-hydrogen) atoms. The number of unbranched alkanes of at least 4 members (excludes halogenated alkanes) is 1. The highest BCUT2D eigenvalue weighted by Gasteiger charge is 2.02. The summed E-state index contributed by atoms with van der Waals surface area (Å²) in [6.45, 7) is 2.17. The average molecular weight is 212 g/mol. The van der Waals surface area contributed by atoms with Gasteiger partial charge >= 0.3 is 0 Å². The van der Waals surface area contributed by atoms with Crippen molar-refractivity contribution in [1.82, 2.24) is 0 Å². The third-order valence-electron chi connectivity index (χ3n) is 1.80. The number of hydrogen-bond donors (Lipinski definition) is 0. The van der Waals surface area contributed by atoms with Crippen LogP contribution in [0.4, 0.5) is 0 Å². The summed E-state index contributed by atoms with van der Waals surface area (Å²) in [6.07, 6.45) is 2.38. The monoisotopic (exact) mass is 212 g/mol. The van der Waals surface area contributed by atoms with Crippen LogP contribution in [-0.4, -0.2) is 12.9 Å². The Labute approximate surface area is 89.8 Å². The summed E-state index contributed by atoms with van der Waals surface area (Å²) >= 11 is 1.48. The third-order valence-corrected chi connectivity index (χ3v) is 2.55. The van der Waals surface area contributed by atoms with Crippen LogP contribution < -0.4 is 8.92 Å². The smallest absolute Gasteiger partial charge is 0.179 e. The molecule has 0 spiro atoms. The Morgan fingerprint density at radius 1 is 1.21 bits per heavy atom. The van der Waals surface area contributed by atoms with Gasteiger partial charge in [-0.2, -0.15) is 0 Å². The van der Waals surface area contributed by atoms with Crippen LogP contribution in [-0.2, 0) is 0 Å². The summed E-state index contributed by atoms with van der Waals surface area (Å²) in [5, 5.41) is 0. The minimum absolute atomic E-state index is 0.788. The van der Waals surface area contributed by atoms with Crippen molar-refractivity contribution >= 4 is 12.0 Å². The van der Waals surface area contributed by atoms with Crippen molar-refractivity contribution in [3.05, 3.63) is 24.3 Å². The van der Waals surface area contributed by atoms with Gasteiger partial charge in [0.2, 0.25) is 0 Å². The zero-order valence-corrected chi connectivity index (χ0v) is 9.47. The molecule has 0 fully saturated rings. The standard InChI is InChI=1S/C11H16O2S/c1-3-4-9-14-13-11-8-6-5-7-10(11)12-2/h5-8H,3-4,9H2,1-2H3. The molecule has 0 radical (unpaired) electrons. The zero-order valence-electron chi connectivity index (χ0n) is 8.66. The highest BCUT2D eigenvalue weighted by atomic mass is 32.2. The van der Waals surface area contributed by atoms with Gasteiger partial charge in [0.05, 0.1) is 19.2 Å². The minimum Gasteiger partial charge on any atom is -0.493 e. The molecule has 0 aliphatic carbocycles. The number of ether oxygens (including phenoxy) is 1. The van der Waals surface area contributed by atoms with Gasteiger partial charge in [0, 0.05) is 5.75 Å². The predicted molar refractivity (Wildman–Crippen MR) is 61.0 cm³/mol. The van der Waals surface area contributed by atoms with E-state index in [1.165, 1.54) is 24.9 Å². The second-order valence-corrected chi connectivity index (χ2v) is 3.72. The SMILES string of the molecule is CCCCSOc1ccccc1OC. The predicted octanol–water partition coefficient (Wildman–Crippen LogP) is 3.52. The molecule has 0 amide bonds. The fourth-order valence-corrected chi connectivity index (χ4v) is 1.75. The van der Waals surface area contributed by atoms with Gasteiger partial charge in [0.25, 0.3) is 0 Å². The quantitative estimate of drug-likeness (QED) is 0.531. The Morgan fingerprint density at radius 3 is 2.57 bits per heavy atom. The molecule has 1 aromatic rings. The Bertz CT molecular complexity index is 263. The molecule has 2 nitrogen and oxygen atoms in total. The highest BCUT2D eigenvalue weighted by Crippen LogP contribution is 2.28. The van der Waals surface area contributed by atoms with Crippen LogP contribution in [0.3, 0.4) is 0 Å². The van der Waals surface area contributed by atoms with E-state index in [0.29, 0.717) is 0 Å². The summed E-state index contributed by atoms with van der Waals surface area (Å²) < 4.78 is 10.7. The zero-order chi connectivity index (χ0) is 10.2. The van der Waals surface area contributed by atoms with E-state index in [4.69, 9.17) is 8.92 Å². The molecule has 0 aliphatic rings. The summed E-state index contributed by atoms with van der Waals surface area (Å²) in [5.41, 5.74) is 0. The number of rotatable bonds is 6. The van der Waals surface area contributed by atoms with Crippen molar-refractivity contribution in [3.8, 4) is 11.5 Å². The topological polar surface area (TPSA) is 18.5 Å². The molecular weight excluding hydrogens is 196 g/mol. The fourth-order valence-electron chi connectivity index (χ4n) is 0.996. The van der Waals surface area contributed by atoms with Crippen LogP contribution in [0, 0.1) is 0 Å². The Morgan fingerprint density at radius 2 is 1.93 bits per heavy atom. The summed E-state index contributed by atoms with van der Waals surface area (Å²) in [6, 6.07) is 7.69. The lowest BCUT2D eigenvalue weighted by Gasteiger charge is -2.07. The Balaban J connectivity index is 2.41. The van der Waals surface area contributed by atoms with E-state index < -0.39 is 0 Å². The van der Waals surface area contributed by atoms with E-state index >= 15 is 0 Å². The maximum atomic E-state index is 5.52. The number of para-hydroxylation sites is 2. The summed E-state index contributed by atoms with van der Waals surface area (Å²) in [5.74, 6) is 2.61. The van der Waals surface area contributed by atoms with Crippen molar-refractivity contribution in [2.45, 2.75) is 19.8 Å². The first-order valence-electron chi connectivity index (χ1n) is 4.81. The third kappa shape index (κ3) is 3.50.